The van der Waals surface area contributed by atoms with Gasteiger partial charge in [-0.05, 0) is 19.9 Å². The Bertz CT molecular complexity index is 328. The fraction of sp³-hybridized carbons (Fsp3) is 0.800. The van der Waals surface area contributed by atoms with Crippen LogP contribution in [0.3, 0.4) is 0 Å². The zero-order chi connectivity index (χ0) is 11.4. The highest BCUT2D eigenvalue weighted by atomic mass is 32.1. The Morgan fingerprint density at radius 3 is 3.12 bits per heavy atom. The van der Waals surface area contributed by atoms with E-state index < -0.39 is 0 Å². The summed E-state index contributed by atoms with van der Waals surface area (Å²) in [4.78, 5) is 2.36. The molecule has 0 spiro atoms. The first-order valence-electron chi connectivity index (χ1n) is 5.61. The maximum absolute atomic E-state index is 5.64. The monoisotopic (exact) mass is 242 g/mol. The van der Waals surface area contributed by atoms with Gasteiger partial charge in [0.15, 0.2) is 0 Å². The minimum Gasteiger partial charge on any atom is -0.376 e. The van der Waals surface area contributed by atoms with Gasteiger partial charge in [-0.25, -0.2) is 0 Å². The van der Waals surface area contributed by atoms with Crippen LogP contribution in [0.25, 0.3) is 0 Å². The predicted molar refractivity (Wildman–Crippen MR) is 63.3 cm³/mol. The molecular weight excluding hydrogens is 224 g/mol. The van der Waals surface area contributed by atoms with Gasteiger partial charge in [-0.15, -0.1) is 21.5 Å². The van der Waals surface area contributed by atoms with Crippen molar-refractivity contribution >= 4 is 11.3 Å². The summed E-state index contributed by atoms with van der Waals surface area (Å²) in [7, 11) is 0. The molecule has 16 heavy (non-hydrogen) atoms. The number of ether oxygens (including phenoxy) is 1. The summed E-state index contributed by atoms with van der Waals surface area (Å²) in [5.74, 6) is 0. The molecule has 90 valence electrons. The van der Waals surface area contributed by atoms with Gasteiger partial charge in [-0.3, -0.25) is 4.90 Å². The van der Waals surface area contributed by atoms with E-state index in [1.165, 1.54) is 0 Å². The molecule has 1 saturated heterocycles. The Kier molecular flexibility index (Phi) is 4.22. The number of nitrogens with zero attached hydrogens (tertiary/aromatic N) is 3. The highest BCUT2D eigenvalue weighted by Crippen LogP contribution is 2.14. The van der Waals surface area contributed by atoms with E-state index in [4.69, 9.17) is 10.5 Å². The molecule has 1 aromatic heterocycles. The van der Waals surface area contributed by atoms with E-state index in [1.54, 1.807) is 11.3 Å². The molecule has 0 amide bonds. The van der Waals surface area contributed by atoms with Crippen LogP contribution in [0.4, 0.5) is 0 Å². The first-order chi connectivity index (χ1) is 7.78. The summed E-state index contributed by atoms with van der Waals surface area (Å²) in [5, 5.41) is 10.3. The van der Waals surface area contributed by atoms with Gasteiger partial charge >= 0.3 is 0 Å². The number of aromatic nitrogens is 2. The van der Waals surface area contributed by atoms with Gasteiger partial charge in [0, 0.05) is 13.1 Å². The SMILES string of the molecule is Cc1nnc(CN2CCO[C@H](CCN)C2)s1. The lowest BCUT2D eigenvalue weighted by Gasteiger charge is -2.32. The van der Waals surface area contributed by atoms with Crippen LogP contribution in [0.5, 0.6) is 0 Å². The summed E-state index contributed by atoms with van der Waals surface area (Å²) in [5.41, 5.74) is 5.54. The average Bonchev–Trinajstić information content (AvgIpc) is 2.65. The molecule has 0 aliphatic carbocycles. The molecule has 2 N–H and O–H groups in total. The largest absolute Gasteiger partial charge is 0.376 e. The molecule has 5 nitrogen and oxygen atoms in total. The highest BCUT2D eigenvalue weighted by molar-refractivity contribution is 7.11. The molecule has 0 radical (unpaired) electrons. The minimum atomic E-state index is 0.285. The summed E-state index contributed by atoms with van der Waals surface area (Å²) >= 11 is 1.67. The van der Waals surface area contributed by atoms with Crippen molar-refractivity contribution in [3.05, 3.63) is 10.0 Å². The van der Waals surface area contributed by atoms with E-state index in [0.29, 0.717) is 6.54 Å². The van der Waals surface area contributed by atoms with Crippen LogP contribution in [0, 0.1) is 6.92 Å². The summed E-state index contributed by atoms with van der Waals surface area (Å²) < 4.78 is 5.64. The van der Waals surface area contributed by atoms with Gasteiger partial charge in [0.2, 0.25) is 0 Å². The number of hydrogen-bond acceptors (Lipinski definition) is 6. The molecule has 2 rings (SSSR count). The molecule has 1 fully saturated rings. The first-order valence-corrected chi connectivity index (χ1v) is 6.42. The molecule has 1 atom stereocenters. The fourth-order valence-electron chi connectivity index (χ4n) is 1.88. The number of nitrogens with two attached hydrogens (primary N) is 1. The third kappa shape index (κ3) is 3.21. The standard InChI is InChI=1S/C10H18N4OS/c1-8-12-13-10(16-8)7-14-4-5-15-9(6-14)2-3-11/h9H,2-7,11H2,1H3/t9-/m1/s1. The van der Waals surface area contributed by atoms with Crippen LogP contribution in [-0.4, -0.2) is 47.4 Å². The normalized spacial score (nSPS) is 22.5. The fourth-order valence-corrected chi connectivity index (χ4v) is 2.63. The first kappa shape index (κ1) is 11.9. The molecule has 0 aromatic carbocycles. The molecule has 1 aliphatic heterocycles. The van der Waals surface area contributed by atoms with Crippen LogP contribution < -0.4 is 5.73 Å². The van der Waals surface area contributed by atoms with Gasteiger partial charge < -0.3 is 10.5 Å². The Morgan fingerprint density at radius 2 is 2.44 bits per heavy atom. The molecular formula is C10H18N4OS. The molecule has 2 heterocycles. The summed E-state index contributed by atoms with van der Waals surface area (Å²) in [6.45, 7) is 6.28. The second kappa shape index (κ2) is 5.67. The Balaban J connectivity index is 1.85. The molecule has 1 aromatic rings. The van der Waals surface area contributed by atoms with Gasteiger partial charge in [-0.1, -0.05) is 0 Å². The molecule has 0 bridgehead atoms. The van der Waals surface area contributed by atoms with Crippen molar-refractivity contribution < 1.29 is 4.74 Å². The molecule has 1 aliphatic rings. The molecule has 0 saturated carbocycles. The zero-order valence-electron chi connectivity index (χ0n) is 9.56. The van der Waals surface area contributed by atoms with Gasteiger partial charge in [-0.2, -0.15) is 0 Å². The summed E-state index contributed by atoms with van der Waals surface area (Å²) in [6.07, 6.45) is 1.22. The third-order valence-electron chi connectivity index (χ3n) is 2.64. The van der Waals surface area contributed by atoms with Gasteiger partial charge in [0.25, 0.3) is 0 Å². The van der Waals surface area contributed by atoms with E-state index in [9.17, 15) is 0 Å². The lowest BCUT2D eigenvalue weighted by atomic mass is 10.2. The number of morpholine rings is 1. The van der Waals surface area contributed by atoms with Crippen molar-refractivity contribution in [1.29, 1.82) is 0 Å². The highest BCUT2D eigenvalue weighted by Gasteiger charge is 2.20. The van der Waals surface area contributed by atoms with Crippen molar-refractivity contribution in [3.63, 3.8) is 0 Å². The Labute approximate surface area is 99.6 Å². The van der Waals surface area contributed by atoms with E-state index in [1.807, 2.05) is 6.92 Å². The van der Waals surface area contributed by atoms with Crippen LogP contribution in [-0.2, 0) is 11.3 Å². The predicted octanol–water partition coefficient (Wildman–Crippen LogP) is 0.396. The average molecular weight is 242 g/mol. The van der Waals surface area contributed by atoms with Crippen molar-refractivity contribution in [2.24, 2.45) is 5.73 Å². The van der Waals surface area contributed by atoms with Crippen molar-refractivity contribution in [1.82, 2.24) is 15.1 Å². The lowest BCUT2D eigenvalue weighted by Crippen LogP contribution is -2.42. The minimum absolute atomic E-state index is 0.285. The number of rotatable bonds is 4. The van der Waals surface area contributed by atoms with E-state index in [0.717, 1.165) is 42.7 Å². The van der Waals surface area contributed by atoms with E-state index >= 15 is 0 Å². The quantitative estimate of drug-likeness (QED) is 0.828. The maximum Gasteiger partial charge on any atom is 0.131 e. The molecule has 0 unspecified atom stereocenters. The second-order valence-electron chi connectivity index (χ2n) is 4.02. The van der Waals surface area contributed by atoms with Crippen molar-refractivity contribution in [2.45, 2.75) is 26.0 Å². The van der Waals surface area contributed by atoms with Gasteiger partial charge in [0.1, 0.15) is 10.0 Å². The lowest BCUT2D eigenvalue weighted by molar-refractivity contribution is -0.0335. The van der Waals surface area contributed by atoms with Crippen molar-refractivity contribution in [3.8, 4) is 0 Å². The smallest absolute Gasteiger partial charge is 0.131 e. The topological polar surface area (TPSA) is 64.3 Å². The second-order valence-corrected chi connectivity index (χ2v) is 5.29. The van der Waals surface area contributed by atoms with Crippen molar-refractivity contribution in [2.75, 3.05) is 26.2 Å². The number of hydrogen-bond donors (Lipinski definition) is 1. The van der Waals surface area contributed by atoms with Crippen LogP contribution in [0.1, 0.15) is 16.4 Å². The third-order valence-corrected chi connectivity index (χ3v) is 3.46. The van der Waals surface area contributed by atoms with Crippen LogP contribution >= 0.6 is 11.3 Å². The molecule has 6 heteroatoms. The summed E-state index contributed by atoms with van der Waals surface area (Å²) in [6, 6.07) is 0. The van der Waals surface area contributed by atoms with E-state index in [2.05, 4.69) is 15.1 Å². The van der Waals surface area contributed by atoms with Crippen LogP contribution in [0.15, 0.2) is 0 Å². The Hall–Kier alpha value is -0.560. The zero-order valence-corrected chi connectivity index (χ0v) is 10.4. The van der Waals surface area contributed by atoms with Crippen LogP contribution in [0.2, 0.25) is 0 Å². The maximum atomic E-state index is 5.64. The number of aryl methyl sites for hydroxylation is 1. The Morgan fingerprint density at radius 1 is 1.56 bits per heavy atom. The van der Waals surface area contributed by atoms with E-state index in [-0.39, 0.29) is 6.10 Å². The van der Waals surface area contributed by atoms with Gasteiger partial charge in [0.05, 0.1) is 19.3 Å².